The molecule has 152 valence electrons. The Bertz CT molecular complexity index is 605. The topological polar surface area (TPSA) is 27.6 Å². The second-order valence-electron chi connectivity index (χ2n) is 9.11. The summed E-state index contributed by atoms with van der Waals surface area (Å²) in [6, 6.07) is 8.62. The highest BCUT2D eigenvalue weighted by atomic mass is 35.5. The Morgan fingerprint density at radius 3 is 2.48 bits per heavy atom. The van der Waals surface area contributed by atoms with E-state index >= 15 is 0 Å². The second kappa shape index (κ2) is 9.78. The van der Waals surface area contributed by atoms with Crippen LogP contribution in [0.2, 0.25) is 5.02 Å². The first kappa shape index (κ1) is 21.2. The van der Waals surface area contributed by atoms with Crippen molar-refractivity contribution in [2.75, 3.05) is 38.5 Å². The molecule has 0 saturated carbocycles. The van der Waals surface area contributed by atoms with Crippen molar-refractivity contribution in [3.8, 4) is 0 Å². The Morgan fingerprint density at radius 2 is 1.89 bits per heavy atom. The minimum atomic E-state index is -0.119. The van der Waals surface area contributed by atoms with Gasteiger partial charge in [0, 0.05) is 54.4 Å². The molecule has 1 saturated heterocycles. The largest absolute Gasteiger partial charge is 0.314 e. The lowest BCUT2D eigenvalue weighted by Crippen LogP contribution is -2.49. The molecule has 2 heterocycles. The molecule has 3 nitrogen and oxygen atoms in total. The molecule has 3 rings (SSSR count). The SMILES string of the molecule is CC(C)(C)CCC(CC(N1CCNCC1)[SH]1C=NCC1)c1ccc(Cl)cc1. The lowest BCUT2D eigenvalue weighted by molar-refractivity contribution is 0.207. The van der Waals surface area contributed by atoms with Crippen molar-refractivity contribution in [2.45, 2.75) is 51.3 Å². The van der Waals surface area contributed by atoms with E-state index < -0.39 is 0 Å². The van der Waals surface area contributed by atoms with E-state index in [4.69, 9.17) is 11.6 Å². The quantitative estimate of drug-likeness (QED) is 0.626. The average molecular weight is 410 g/mol. The summed E-state index contributed by atoms with van der Waals surface area (Å²) in [5.41, 5.74) is 4.13. The van der Waals surface area contributed by atoms with Gasteiger partial charge in [-0.3, -0.25) is 9.89 Å². The zero-order valence-electron chi connectivity index (χ0n) is 17.1. The summed E-state index contributed by atoms with van der Waals surface area (Å²) in [6.45, 7) is 12.7. The van der Waals surface area contributed by atoms with Gasteiger partial charge in [-0.25, -0.2) is 0 Å². The van der Waals surface area contributed by atoms with Crippen LogP contribution in [0.25, 0.3) is 0 Å². The fourth-order valence-electron chi connectivity index (χ4n) is 4.11. The Morgan fingerprint density at radius 1 is 1.19 bits per heavy atom. The molecular formula is C22H36ClN3S. The van der Waals surface area contributed by atoms with Gasteiger partial charge < -0.3 is 5.32 Å². The number of halogens is 1. The van der Waals surface area contributed by atoms with Crippen molar-refractivity contribution >= 4 is 28.0 Å². The highest BCUT2D eigenvalue weighted by molar-refractivity contribution is 8.29. The van der Waals surface area contributed by atoms with Crippen LogP contribution in [0.1, 0.15) is 51.5 Å². The van der Waals surface area contributed by atoms with Gasteiger partial charge in [0.25, 0.3) is 0 Å². The number of thiol groups is 1. The van der Waals surface area contributed by atoms with Gasteiger partial charge in [-0.1, -0.05) is 44.5 Å². The highest BCUT2D eigenvalue weighted by Gasteiger charge is 2.30. The van der Waals surface area contributed by atoms with Gasteiger partial charge in [0.2, 0.25) is 0 Å². The number of piperazine rings is 1. The van der Waals surface area contributed by atoms with Gasteiger partial charge in [0.05, 0.1) is 0 Å². The van der Waals surface area contributed by atoms with Crippen LogP contribution in [0.3, 0.4) is 0 Å². The van der Waals surface area contributed by atoms with Crippen molar-refractivity contribution in [2.24, 2.45) is 10.4 Å². The number of rotatable bonds is 7. The number of aliphatic imine (C=N–C) groups is 1. The standard InChI is InChI=1S/C22H36ClN3S/c1-22(2,3)9-8-19(18-4-6-20(23)7-5-18)16-21(27-15-12-25-17-27)26-13-10-24-11-14-26/h4-7,17,19,21,24,27H,8-16H2,1-3H3. The molecule has 3 unspecified atom stereocenters. The maximum atomic E-state index is 6.17. The Balaban J connectivity index is 1.79. The molecule has 1 fully saturated rings. The zero-order chi connectivity index (χ0) is 19.3. The van der Waals surface area contributed by atoms with Gasteiger partial charge in [-0.2, -0.15) is 10.9 Å². The normalized spacial score (nSPS) is 24.8. The molecule has 3 atom stereocenters. The number of nitrogens with one attached hydrogen (secondary N) is 1. The van der Waals surface area contributed by atoms with E-state index in [2.05, 4.69) is 65.8 Å². The van der Waals surface area contributed by atoms with Crippen LogP contribution < -0.4 is 5.32 Å². The lowest BCUT2D eigenvalue weighted by Gasteiger charge is -2.41. The molecule has 0 spiro atoms. The van der Waals surface area contributed by atoms with Gasteiger partial charge in [0.1, 0.15) is 0 Å². The minimum Gasteiger partial charge on any atom is -0.314 e. The first-order valence-corrected chi connectivity index (χ1v) is 12.4. The number of benzene rings is 1. The summed E-state index contributed by atoms with van der Waals surface area (Å²) in [5.74, 6) is 1.87. The summed E-state index contributed by atoms with van der Waals surface area (Å²) < 4.78 is 0. The Hall–Kier alpha value is -0.550. The van der Waals surface area contributed by atoms with E-state index in [1.54, 1.807) is 0 Å². The molecule has 0 radical (unpaired) electrons. The van der Waals surface area contributed by atoms with E-state index in [0.29, 0.717) is 16.7 Å². The summed E-state index contributed by atoms with van der Waals surface area (Å²) in [6.07, 6.45) is 3.74. The van der Waals surface area contributed by atoms with Crippen LogP contribution >= 0.6 is 22.5 Å². The molecule has 27 heavy (non-hydrogen) atoms. The van der Waals surface area contributed by atoms with Crippen LogP contribution in [0, 0.1) is 5.41 Å². The summed E-state index contributed by atoms with van der Waals surface area (Å²) >= 11 is 6.17. The summed E-state index contributed by atoms with van der Waals surface area (Å²) in [4.78, 5) is 7.35. The molecule has 5 heteroatoms. The lowest BCUT2D eigenvalue weighted by atomic mass is 9.83. The molecule has 0 bridgehead atoms. The summed E-state index contributed by atoms with van der Waals surface area (Å²) in [5, 5.41) is 5.01. The third-order valence-electron chi connectivity index (χ3n) is 5.75. The monoisotopic (exact) mass is 409 g/mol. The van der Waals surface area contributed by atoms with E-state index in [1.807, 2.05) is 0 Å². The van der Waals surface area contributed by atoms with Crippen LogP contribution in [0.4, 0.5) is 0 Å². The van der Waals surface area contributed by atoms with E-state index in [1.165, 1.54) is 43.7 Å². The van der Waals surface area contributed by atoms with Crippen molar-refractivity contribution in [1.29, 1.82) is 0 Å². The van der Waals surface area contributed by atoms with Crippen LogP contribution in [0.5, 0.6) is 0 Å². The molecule has 1 aromatic rings. The fraction of sp³-hybridized carbons (Fsp3) is 0.682. The predicted octanol–water partition coefficient (Wildman–Crippen LogP) is 4.91. The molecule has 1 aromatic carbocycles. The first-order chi connectivity index (χ1) is 12.9. The predicted molar refractivity (Wildman–Crippen MR) is 123 cm³/mol. The third kappa shape index (κ3) is 6.49. The zero-order valence-corrected chi connectivity index (χ0v) is 18.8. The number of nitrogens with zero attached hydrogens (tertiary/aromatic N) is 2. The molecule has 2 aliphatic heterocycles. The van der Waals surface area contributed by atoms with Crippen LogP contribution in [-0.4, -0.2) is 54.3 Å². The first-order valence-electron chi connectivity index (χ1n) is 10.4. The minimum absolute atomic E-state index is 0.119. The smallest absolute Gasteiger partial charge is 0.0472 e. The van der Waals surface area contributed by atoms with Gasteiger partial charge in [-0.15, -0.1) is 0 Å². The molecule has 0 amide bonds. The van der Waals surface area contributed by atoms with Gasteiger partial charge in [0.15, 0.2) is 0 Å². The maximum absolute atomic E-state index is 6.17. The van der Waals surface area contributed by atoms with Crippen LogP contribution in [-0.2, 0) is 0 Å². The van der Waals surface area contributed by atoms with Gasteiger partial charge >= 0.3 is 0 Å². The number of hydrogen-bond donors (Lipinski definition) is 2. The van der Waals surface area contributed by atoms with E-state index in [-0.39, 0.29) is 10.9 Å². The molecule has 0 aromatic heterocycles. The average Bonchev–Trinajstić information content (AvgIpc) is 3.17. The fourth-order valence-corrected chi connectivity index (χ4v) is 6.65. The Kier molecular flexibility index (Phi) is 7.66. The van der Waals surface area contributed by atoms with Crippen molar-refractivity contribution in [3.05, 3.63) is 34.9 Å². The molecule has 0 aliphatic carbocycles. The summed E-state index contributed by atoms with van der Waals surface area (Å²) in [7, 11) is -0.119. The molecule has 2 aliphatic rings. The van der Waals surface area contributed by atoms with E-state index in [9.17, 15) is 0 Å². The highest BCUT2D eigenvalue weighted by Crippen LogP contribution is 2.42. The Labute approximate surface area is 173 Å². The maximum Gasteiger partial charge on any atom is 0.0472 e. The van der Waals surface area contributed by atoms with Crippen molar-refractivity contribution in [1.82, 2.24) is 10.2 Å². The van der Waals surface area contributed by atoms with Crippen molar-refractivity contribution < 1.29 is 0 Å². The van der Waals surface area contributed by atoms with Crippen LogP contribution in [0.15, 0.2) is 29.3 Å². The van der Waals surface area contributed by atoms with Gasteiger partial charge in [-0.05, 0) is 48.3 Å². The number of hydrogen-bond acceptors (Lipinski definition) is 3. The second-order valence-corrected chi connectivity index (χ2v) is 11.8. The third-order valence-corrected chi connectivity index (χ3v) is 8.48. The van der Waals surface area contributed by atoms with E-state index in [0.717, 1.165) is 24.7 Å². The molecular weight excluding hydrogens is 374 g/mol. The van der Waals surface area contributed by atoms with Crippen molar-refractivity contribution in [3.63, 3.8) is 0 Å². The molecule has 1 N–H and O–H groups in total.